The zero-order valence-electron chi connectivity index (χ0n) is 19.7. The standard InChI is InChI=1S/C27H33ClN4O2/c28-22-7-9-26-25(15-22)27(29-34-26)32-13-12-31-17-21(6-8-23(31)18-32)19-33-24-5-3-4-20(14-24)16-30-10-1-2-11-30/h3-5,7,9,14-15,21,23H,1-2,6,8,10-13,16-19H2/t21-,23-/m1/s1. The zero-order chi connectivity index (χ0) is 22.9. The van der Waals surface area contributed by atoms with E-state index in [4.69, 9.17) is 20.9 Å². The van der Waals surface area contributed by atoms with Gasteiger partial charge < -0.3 is 14.2 Å². The van der Waals surface area contributed by atoms with Gasteiger partial charge in [0, 0.05) is 49.7 Å². The van der Waals surface area contributed by atoms with E-state index in [0.717, 1.165) is 66.9 Å². The minimum atomic E-state index is 0.555. The fourth-order valence-corrected chi connectivity index (χ4v) is 6.03. The molecule has 180 valence electrons. The van der Waals surface area contributed by atoms with E-state index in [-0.39, 0.29) is 0 Å². The molecular weight excluding hydrogens is 448 g/mol. The molecule has 3 aliphatic rings. The second kappa shape index (κ2) is 9.76. The van der Waals surface area contributed by atoms with Gasteiger partial charge in [-0.15, -0.1) is 0 Å². The Hall–Kier alpha value is -2.28. The smallest absolute Gasteiger partial charge is 0.180 e. The first-order chi connectivity index (χ1) is 16.7. The van der Waals surface area contributed by atoms with Crippen molar-refractivity contribution in [1.29, 1.82) is 0 Å². The molecule has 2 aromatic carbocycles. The minimum absolute atomic E-state index is 0.555. The molecule has 34 heavy (non-hydrogen) atoms. The molecule has 2 atom stereocenters. The third-order valence-electron chi connectivity index (χ3n) is 7.71. The molecular formula is C27H33ClN4O2. The number of nitrogens with zero attached hydrogens (tertiary/aromatic N) is 4. The molecule has 6 nitrogen and oxygen atoms in total. The molecule has 3 aliphatic heterocycles. The molecule has 0 radical (unpaired) electrons. The van der Waals surface area contributed by atoms with E-state index in [1.165, 1.54) is 44.3 Å². The highest BCUT2D eigenvalue weighted by Gasteiger charge is 2.34. The third-order valence-corrected chi connectivity index (χ3v) is 7.94. The van der Waals surface area contributed by atoms with Crippen molar-refractivity contribution >= 4 is 28.4 Å². The first kappa shape index (κ1) is 22.2. The maximum atomic E-state index is 6.28. The van der Waals surface area contributed by atoms with Gasteiger partial charge in [-0.1, -0.05) is 28.9 Å². The van der Waals surface area contributed by atoms with Gasteiger partial charge in [0.15, 0.2) is 11.4 Å². The number of benzene rings is 2. The van der Waals surface area contributed by atoms with E-state index >= 15 is 0 Å². The monoisotopic (exact) mass is 480 g/mol. The van der Waals surface area contributed by atoms with Crippen LogP contribution in [0.3, 0.4) is 0 Å². The van der Waals surface area contributed by atoms with Crippen LogP contribution >= 0.6 is 11.6 Å². The molecule has 0 saturated carbocycles. The van der Waals surface area contributed by atoms with Gasteiger partial charge in [0.1, 0.15) is 5.75 Å². The second-order valence-electron chi connectivity index (χ2n) is 10.1. The Labute approximate surface area is 206 Å². The molecule has 3 saturated heterocycles. The van der Waals surface area contributed by atoms with Crippen molar-refractivity contribution in [2.75, 3.05) is 50.8 Å². The Morgan fingerprint density at radius 2 is 1.91 bits per heavy atom. The van der Waals surface area contributed by atoms with E-state index in [1.807, 2.05) is 18.2 Å². The molecule has 0 spiro atoms. The number of piperidine rings is 1. The van der Waals surface area contributed by atoms with Gasteiger partial charge in [-0.05, 0) is 74.7 Å². The van der Waals surface area contributed by atoms with Gasteiger partial charge in [-0.2, -0.15) is 0 Å². The second-order valence-corrected chi connectivity index (χ2v) is 10.6. The highest BCUT2D eigenvalue weighted by atomic mass is 35.5. The Morgan fingerprint density at radius 3 is 2.82 bits per heavy atom. The molecule has 0 bridgehead atoms. The number of piperazine rings is 1. The molecule has 0 amide bonds. The number of anilines is 1. The van der Waals surface area contributed by atoms with Crippen LogP contribution in [0.1, 0.15) is 31.2 Å². The minimum Gasteiger partial charge on any atom is -0.493 e. The Kier molecular flexibility index (Phi) is 6.37. The average molecular weight is 481 g/mol. The third kappa shape index (κ3) is 4.77. The lowest BCUT2D eigenvalue weighted by Crippen LogP contribution is -2.57. The van der Waals surface area contributed by atoms with E-state index in [0.29, 0.717) is 12.0 Å². The van der Waals surface area contributed by atoms with E-state index < -0.39 is 0 Å². The molecule has 4 heterocycles. The first-order valence-electron chi connectivity index (χ1n) is 12.7. The summed E-state index contributed by atoms with van der Waals surface area (Å²) in [6.07, 6.45) is 5.05. The van der Waals surface area contributed by atoms with E-state index in [2.05, 4.69) is 44.1 Å². The summed E-state index contributed by atoms with van der Waals surface area (Å²) in [7, 11) is 0. The van der Waals surface area contributed by atoms with Crippen molar-refractivity contribution in [1.82, 2.24) is 15.0 Å². The van der Waals surface area contributed by atoms with Gasteiger partial charge in [0.05, 0.1) is 12.0 Å². The number of aromatic nitrogens is 1. The molecule has 7 heteroatoms. The molecule has 0 aliphatic carbocycles. The maximum absolute atomic E-state index is 6.28. The molecule has 3 aromatic rings. The number of halogens is 1. The predicted octanol–water partition coefficient (Wildman–Crippen LogP) is 5.06. The summed E-state index contributed by atoms with van der Waals surface area (Å²) in [5.74, 6) is 2.52. The van der Waals surface area contributed by atoms with Gasteiger partial charge >= 0.3 is 0 Å². The maximum Gasteiger partial charge on any atom is 0.180 e. The molecule has 6 rings (SSSR count). The van der Waals surface area contributed by atoms with Gasteiger partial charge in [-0.25, -0.2) is 0 Å². The lowest BCUT2D eigenvalue weighted by molar-refractivity contribution is 0.0726. The fraction of sp³-hybridized carbons (Fsp3) is 0.519. The van der Waals surface area contributed by atoms with Crippen molar-refractivity contribution in [2.45, 2.75) is 38.3 Å². The van der Waals surface area contributed by atoms with Crippen LogP contribution in [0.25, 0.3) is 11.0 Å². The van der Waals surface area contributed by atoms with Crippen LogP contribution in [0.4, 0.5) is 5.82 Å². The summed E-state index contributed by atoms with van der Waals surface area (Å²) in [5.41, 5.74) is 2.16. The predicted molar refractivity (Wildman–Crippen MR) is 136 cm³/mol. The van der Waals surface area contributed by atoms with E-state index in [1.54, 1.807) is 0 Å². The summed E-state index contributed by atoms with van der Waals surface area (Å²) in [5, 5.41) is 6.09. The van der Waals surface area contributed by atoms with Crippen LogP contribution in [-0.4, -0.2) is 66.9 Å². The quantitative estimate of drug-likeness (QED) is 0.491. The first-order valence-corrected chi connectivity index (χ1v) is 13.1. The molecule has 1 aromatic heterocycles. The largest absolute Gasteiger partial charge is 0.493 e. The van der Waals surface area contributed by atoms with Crippen molar-refractivity contribution in [2.24, 2.45) is 5.92 Å². The van der Waals surface area contributed by atoms with Crippen LogP contribution in [0.15, 0.2) is 47.0 Å². The summed E-state index contributed by atoms with van der Waals surface area (Å²) in [6, 6.07) is 15.0. The van der Waals surface area contributed by atoms with Crippen molar-refractivity contribution in [3.8, 4) is 5.75 Å². The Morgan fingerprint density at radius 1 is 1.00 bits per heavy atom. The number of hydrogen-bond acceptors (Lipinski definition) is 6. The normalized spacial score (nSPS) is 24.0. The number of ether oxygens (including phenoxy) is 1. The lowest BCUT2D eigenvalue weighted by atomic mass is 9.91. The van der Waals surface area contributed by atoms with Crippen LogP contribution in [0, 0.1) is 5.92 Å². The molecule has 0 unspecified atom stereocenters. The fourth-order valence-electron chi connectivity index (χ4n) is 5.86. The van der Waals surface area contributed by atoms with Gasteiger partial charge in [0.25, 0.3) is 0 Å². The molecule has 3 fully saturated rings. The topological polar surface area (TPSA) is 45.0 Å². The Balaban J connectivity index is 1.03. The van der Waals surface area contributed by atoms with Crippen LogP contribution in [0.5, 0.6) is 5.75 Å². The summed E-state index contributed by atoms with van der Waals surface area (Å²) < 4.78 is 11.8. The van der Waals surface area contributed by atoms with Crippen molar-refractivity contribution in [3.63, 3.8) is 0 Å². The van der Waals surface area contributed by atoms with Crippen LogP contribution in [0.2, 0.25) is 5.02 Å². The summed E-state index contributed by atoms with van der Waals surface area (Å²) in [6.45, 7) is 8.38. The van der Waals surface area contributed by atoms with E-state index in [9.17, 15) is 0 Å². The SMILES string of the molecule is Clc1ccc2onc(N3CCN4C[C@H](COc5cccc(CN6CCCC6)c5)CC[C@@H]4C3)c2c1. The molecule has 0 N–H and O–H groups in total. The highest BCUT2D eigenvalue weighted by Crippen LogP contribution is 2.32. The number of likely N-dealkylation sites (tertiary alicyclic amines) is 1. The zero-order valence-corrected chi connectivity index (χ0v) is 20.4. The number of hydrogen-bond donors (Lipinski definition) is 0. The number of rotatable bonds is 6. The average Bonchev–Trinajstić information content (AvgIpc) is 3.52. The van der Waals surface area contributed by atoms with Gasteiger partial charge in [0.2, 0.25) is 0 Å². The van der Waals surface area contributed by atoms with Crippen molar-refractivity contribution in [3.05, 3.63) is 53.1 Å². The van der Waals surface area contributed by atoms with Crippen molar-refractivity contribution < 1.29 is 9.26 Å². The number of fused-ring (bicyclic) bond motifs is 2. The van der Waals surface area contributed by atoms with Crippen LogP contribution < -0.4 is 9.64 Å². The Bertz CT molecular complexity index is 1130. The highest BCUT2D eigenvalue weighted by molar-refractivity contribution is 6.31. The summed E-state index contributed by atoms with van der Waals surface area (Å²) in [4.78, 5) is 7.55. The lowest BCUT2D eigenvalue weighted by Gasteiger charge is -2.46. The summed E-state index contributed by atoms with van der Waals surface area (Å²) >= 11 is 6.22. The van der Waals surface area contributed by atoms with Crippen LogP contribution in [-0.2, 0) is 6.54 Å². The van der Waals surface area contributed by atoms with Gasteiger partial charge in [-0.3, -0.25) is 9.80 Å².